The molecule has 0 aliphatic carbocycles. The molecule has 1 aliphatic heterocycles. The van der Waals surface area contributed by atoms with E-state index in [0.29, 0.717) is 10.7 Å². The Labute approximate surface area is 180 Å². The molecule has 0 radical (unpaired) electrons. The number of amides is 2. The molecule has 1 saturated heterocycles. The molecule has 152 valence electrons. The van der Waals surface area contributed by atoms with Crippen LogP contribution < -0.4 is 4.74 Å². The van der Waals surface area contributed by atoms with Gasteiger partial charge in [-0.1, -0.05) is 54.6 Å². The molecule has 0 bridgehead atoms. The number of thioether (sulfide) groups is 1. The molecule has 0 spiro atoms. The van der Waals surface area contributed by atoms with Gasteiger partial charge in [0.25, 0.3) is 11.1 Å². The first-order valence-corrected chi connectivity index (χ1v) is 10.7. The van der Waals surface area contributed by atoms with E-state index in [0.717, 1.165) is 39.2 Å². The van der Waals surface area contributed by atoms with Crippen LogP contribution in [0, 0.1) is 6.92 Å². The number of imide groups is 1. The third-order valence-corrected chi connectivity index (χ3v) is 5.94. The van der Waals surface area contributed by atoms with E-state index in [-0.39, 0.29) is 23.8 Å². The SMILES string of the molecule is Cc1ccccc1CN1C(=O)S/C(=C\c2c(OC(C)C)ccc3ccccc23)C1=O. The van der Waals surface area contributed by atoms with Gasteiger partial charge >= 0.3 is 0 Å². The maximum atomic E-state index is 13.1. The number of aryl methyl sites for hydroxylation is 1. The molecule has 4 rings (SSSR count). The van der Waals surface area contributed by atoms with Gasteiger partial charge in [0.05, 0.1) is 17.6 Å². The number of ether oxygens (including phenoxy) is 1. The molecule has 2 amide bonds. The number of benzene rings is 3. The van der Waals surface area contributed by atoms with Crippen molar-refractivity contribution in [1.29, 1.82) is 0 Å². The van der Waals surface area contributed by atoms with Crippen LogP contribution >= 0.6 is 11.8 Å². The van der Waals surface area contributed by atoms with Gasteiger partial charge in [0.1, 0.15) is 5.75 Å². The molecule has 1 fully saturated rings. The molecule has 3 aromatic rings. The summed E-state index contributed by atoms with van der Waals surface area (Å²) >= 11 is 0.981. The topological polar surface area (TPSA) is 46.6 Å². The van der Waals surface area contributed by atoms with Crippen LogP contribution in [-0.2, 0) is 11.3 Å². The van der Waals surface area contributed by atoms with Crippen molar-refractivity contribution in [3.05, 3.63) is 82.3 Å². The van der Waals surface area contributed by atoms with Crippen LogP contribution in [0.3, 0.4) is 0 Å². The number of carbonyl (C=O) groups is 2. The average molecular weight is 418 g/mol. The van der Waals surface area contributed by atoms with Gasteiger partial charge in [-0.25, -0.2) is 0 Å². The Morgan fingerprint density at radius 1 is 1.00 bits per heavy atom. The van der Waals surface area contributed by atoms with Crippen LogP contribution in [0.15, 0.2) is 65.6 Å². The molecule has 1 aliphatic rings. The summed E-state index contributed by atoms with van der Waals surface area (Å²) in [6.07, 6.45) is 1.79. The summed E-state index contributed by atoms with van der Waals surface area (Å²) in [7, 11) is 0. The molecule has 0 saturated carbocycles. The molecule has 5 heteroatoms. The fourth-order valence-electron chi connectivity index (χ4n) is 3.51. The third kappa shape index (κ3) is 3.98. The molecule has 0 atom stereocenters. The predicted octanol–water partition coefficient (Wildman–Crippen LogP) is 6.17. The van der Waals surface area contributed by atoms with Gasteiger partial charge in [-0.15, -0.1) is 0 Å². The number of nitrogens with zero attached hydrogens (tertiary/aromatic N) is 1. The molecule has 30 heavy (non-hydrogen) atoms. The second-order valence-corrected chi connectivity index (χ2v) is 8.55. The van der Waals surface area contributed by atoms with Crippen molar-refractivity contribution in [3.63, 3.8) is 0 Å². The van der Waals surface area contributed by atoms with Crippen molar-refractivity contribution in [2.45, 2.75) is 33.4 Å². The highest BCUT2D eigenvalue weighted by Crippen LogP contribution is 2.37. The van der Waals surface area contributed by atoms with Crippen LogP contribution in [0.5, 0.6) is 5.75 Å². The zero-order valence-corrected chi connectivity index (χ0v) is 18.0. The normalized spacial score (nSPS) is 15.6. The van der Waals surface area contributed by atoms with E-state index in [9.17, 15) is 9.59 Å². The van der Waals surface area contributed by atoms with E-state index < -0.39 is 0 Å². The van der Waals surface area contributed by atoms with E-state index in [1.165, 1.54) is 4.90 Å². The van der Waals surface area contributed by atoms with Gasteiger partial charge in [-0.05, 0) is 66.6 Å². The standard InChI is InChI=1S/C25H23NO3S/c1-16(2)29-22-13-12-18-9-6-7-11-20(18)21(22)14-23-24(27)26(25(28)30-23)15-19-10-5-4-8-17(19)3/h4-14,16H,15H2,1-3H3/b23-14-. The number of carbonyl (C=O) groups excluding carboxylic acids is 2. The van der Waals surface area contributed by atoms with E-state index >= 15 is 0 Å². The smallest absolute Gasteiger partial charge is 0.293 e. The molecular weight excluding hydrogens is 394 g/mol. The molecule has 0 aromatic heterocycles. The number of hydrogen-bond acceptors (Lipinski definition) is 4. The van der Waals surface area contributed by atoms with Crippen molar-refractivity contribution in [2.75, 3.05) is 0 Å². The Bertz CT molecular complexity index is 1170. The summed E-state index contributed by atoms with van der Waals surface area (Å²) in [5, 5.41) is 1.79. The molecule has 1 heterocycles. The van der Waals surface area contributed by atoms with E-state index in [1.54, 1.807) is 6.08 Å². The second-order valence-electron chi connectivity index (χ2n) is 7.56. The summed E-state index contributed by atoms with van der Waals surface area (Å²) in [6.45, 7) is 6.19. The molecule has 3 aromatic carbocycles. The largest absolute Gasteiger partial charge is 0.490 e. The van der Waals surface area contributed by atoms with Crippen LogP contribution in [0.25, 0.3) is 16.8 Å². The quantitative estimate of drug-likeness (QED) is 0.466. The van der Waals surface area contributed by atoms with Gasteiger partial charge in [0.15, 0.2) is 0 Å². The van der Waals surface area contributed by atoms with Crippen LogP contribution in [0.2, 0.25) is 0 Å². The Morgan fingerprint density at radius 2 is 1.73 bits per heavy atom. The van der Waals surface area contributed by atoms with Crippen LogP contribution in [0.4, 0.5) is 4.79 Å². The Morgan fingerprint density at radius 3 is 2.50 bits per heavy atom. The monoisotopic (exact) mass is 417 g/mol. The highest BCUT2D eigenvalue weighted by Gasteiger charge is 2.35. The molecule has 0 N–H and O–H groups in total. The first-order valence-electron chi connectivity index (χ1n) is 9.92. The Hall–Kier alpha value is -3.05. The number of rotatable bonds is 5. The highest BCUT2D eigenvalue weighted by molar-refractivity contribution is 8.18. The molecular formula is C25H23NO3S. The van der Waals surface area contributed by atoms with E-state index in [4.69, 9.17) is 4.74 Å². The lowest BCUT2D eigenvalue weighted by molar-refractivity contribution is -0.123. The van der Waals surface area contributed by atoms with Gasteiger partial charge in [-0.2, -0.15) is 0 Å². The molecule has 4 nitrogen and oxygen atoms in total. The Balaban J connectivity index is 1.73. The maximum Gasteiger partial charge on any atom is 0.293 e. The zero-order chi connectivity index (χ0) is 21.3. The van der Waals surface area contributed by atoms with Gasteiger partial charge in [0, 0.05) is 5.56 Å². The maximum absolute atomic E-state index is 13.1. The summed E-state index contributed by atoms with van der Waals surface area (Å²) in [5.41, 5.74) is 2.85. The first kappa shape index (κ1) is 20.2. The van der Waals surface area contributed by atoms with Crippen molar-refractivity contribution in [3.8, 4) is 5.75 Å². The summed E-state index contributed by atoms with van der Waals surface area (Å²) in [4.78, 5) is 27.4. The highest BCUT2D eigenvalue weighted by atomic mass is 32.2. The fourth-order valence-corrected chi connectivity index (χ4v) is 4.33. The van der Waals surface area contributed by atoms with Crippen LogP contribution in [0.1, 0.15) is 30.5 Å². The van der Waals surface area contributed by atoms with Crippen molar-refractivity contribution in [2.24, 2.45) is 0 Å². The summed E-state index contributed by atoms with van der Waals surface area (Å²) in [6, 6.07) is 19.7. The van der Waals surface area contributed by atoms with Gasteiger partial charge < -0.3 is 4.74 Å². The Kier molecular flexibility index (Phi) is 5.64. The van der Waals surface area contributed by atoms with Crippen molar-refractivity contribution in [1.82, 2.24) is 4.90 Å². The third-order valence-electron chi connectivity index (χ3n) is 5.03. The minimum Gasteiger partial charge on any atom is -0.490 e. The van der Waals surface area contributed by atoms with E-state index in [1.807, 2.05) is 81.4 Å². The van der Waals surface area contributed by atoms with Gasteiger partial charge in [-0.3, -0.25) is 14.5 Å². The van der Waals surface area contributed by atoms with Crippen LogP contribution in [-0.4, -0.2) is 22.2 Å². The summed E-state index contributed by atoms with van der Waals surface area (Å²) < 4.78 is 6.00. The van der Waals surface area contributed by atoms with E-state index in [2.05, 4.69) is 0 Å². The van der Waals surface area contributed by atoms with Crippen molar-refractivity contribution >= 4 is 39.8 Å². The fraction of sp³-hybridized carbons (Fsp3) is 0.200. The zero-order valence-electron chi connectivity index (χ0n) is 17.2. The first-order chi connectivity index (χ1) is 14.4. The minimum atomic E-state index is -0.267. The minimum absolute atomic E-state index is 0.00516. The lowest BCUT2D eigenvalue weighted by Crippen LogP contribution is -2.27. The predicted molar refractivity (Wildman–Crippen MR) is 122 cm³/mol. The lowest BCUT2D eigenvalue weighted by Gasteiger charge is -2.15. The average Bonchev–Trinajstić information content (AvgIpc) is 2.98. The number of fused-ring (bicyclic) bond motifs is 1. The summed E-state index contributed by atoms with van der Waals surface area (Å²) in [5.74, 6) is 0.436. The molecule has 0 unspecified atom stereocenters. The second kappa shape index (κ2) is 8.36. The van der Waals surface area contributed by atoms with Crippen molar-refractivity contribution < 1.29 is 14.3 Å². The van der Waals surface area contributed by atoms with Gasteiger partial charge in [0.2, 0.25) is 0 Å². The lowest BCUT2D eigenvalue weighted by atomic mass is 10.0. The number of hydrogen-bond donors (Lipinski definition) is 0.